The number of allylic oxidation sites excluding steroid dienone is 1. The van der Waals surface area contributed by atoms with Crippen LogP contribution in [-0.4, -0.2) is 24.4 Å². The fourth-order valence-corrected chi connectivity index (χ4v) is 1.75. The van der Waals surface area contributed by atoms with Crippen LogP contribution in [0.4, 0.5) is 0 Å². The minimum atomic E-state index is -0.237. The number of hydrogen-bond acceptors (Lipinski definition) is 2. The van der Waals surface area contributed by atoms with Crippen LogP contribution in [0.1, 0.15) is 71.6 Å². The molecule has 1 atom stereocenters. The van der Waals surface area contributed by atoms with Gasteiger partial charge in [0, 0.05) is 13.2 Å². The molecule has 0 aliphatic heterocycles. The molecule has 108 valence electrons. The van der Waals surface area contributed by atoms with Crippen molar-refractivity contribution in [3.8, 4) is 0 Å². The summed E-state index contributed by atoms with van der Waals surface area (Å²) in [6.45, 7) is 5.90. The Bertz CT molecular complexity index is 178. The van der Waals surface area contributed by atoms with E-state index in [-0.39, 0.29) is 6.10 Å². The molecule has 0 spiro atoms. The fraction of sp³-hybridized carbons (Fsp3) is 0.875. The molecular weight excluding hydrogens is 224 g/mol. The van der Waals surface area contributed by atoms with Crippen molar-refractivity contribution >= 4 is 0 Å². The molecule has 0 heterocycles. The molecule has 0 aromatic carbocycles. The van der Waals surface area contributed by atoms with Gasteiger partial charge < -0.3 is 9.84 Å². The molecule has 0 saturated heterocycles. The molecule has 0 aromatic heterocycles. The summed E-state index contributed by atoms with van der Waals surface area (Å²) in [5.74, 6) is 0. The van der Waals surface area contributed by atoms with E-state index in [1.165, 1.54) is 32.1 Å². The molecule has 0 aliphatic carbocycles. The Hall–Kier alpha value is -0.340. The minimum Gasteiger partial charge on any atom is -0.393 e. The van der Waals surface area contributed by atoms with Gasteiger partial charge in [0.1, 0.15) is 0 Å². The lowest BCUT2D eigenvalue weighted by Gasteiger charge is -2.08. The summed E-state index contributed by atoms with van der Waals surface area (Å²) < 4.78 is 5.43. The Morgan fingerprint density at radius 1 is 0.944 bits per heavy atom. The topological polar surface area (TPSA) is 29.5 Å². The molecule has 0 bridgehead atoms. The van der Waals surface area contributed by atoms with E-state index in [1.54, 1.807) is 0 Å². The summed E-state index contributed by atoms with van der Waals surface area (Å²) in [4.78, 5) is 0. The maximum Gasteiger partial charge on any atom is 0.0596 e. The Balaban J connectivity index is 3.24. The lowest BCUT2D eigenvalue weighted by Crippen LogP contribution is -2.09. The molecule has 1 N–H and O–H groups in total. The second-order valence-corrected chi connectivity index (χ2v) is 4.96. The minimum absolute atomic E-state index is 0.237. The summed E-state index contributed by atoms with van der Waals surface area (Å²) >= 11 is 0. The molecule has 0 aliphatic rings. The molecular formula is C16H32O2. The average molecular weight is 256 g/mol. The van der Waals surface area contributed by atoms with Crippen LogP contribution < -0.4 is 0 Å². The van der Waals surface area contributed by atoms with Crippen molar-refractivity contribution < 1.29 is 9.84 Å². The van der Waals surface area contributed by atoms with Crippen LogP contribution in [0, 0.1) is 0 Å². The molecule has 2 nitrogen and oxygen atoms in total. The lowest BCUT2D eigenvalue weighted by atomic mass is 10.1. The molecule has 0 fully saturated rings. The highest BCUT2D eigenvalue weighted by Gasteiger charge is 2.00. The number of ether oxygens (including phenoxy) is 1. The van der Waals surface area contributed by atoms with Gasteiger partial charge in [0.25, 0.3) is 0 Å². The highest BCUT2D eigenvalue weighted by atomic mass is 16.5. The quantitative estimate of drug-likeness (QED) is 0.389. The molecule has 0 rings (SSSR count). The van der Waals surface area contributed by atoms with Gasteiger partial charge in [0.15, 0.2) is 0 Å². The van der Waals surface area contributed by atoms with Gasteiger partial charge in [-0.25, -0.2) is 0 Å². The van der Waals surface area contributed by atoms with Gasteiger partial charge >= 0.3 is 0 Å². The summed E-state index contributed by atoms with van der Waals surface area (Å²) in [6, 6.07) is 0. The molecule has 0 aromatic rings. The van der Waals surface area contributed by atoms with Gasteiger partial charge in [-0.05, 0) is 32.1 Å². The second kappa shape index (κ2) is 14.7. The van der Waals surface area contributed by atoms with Gasteiger partial charge in [0.05, 0.1) is 6.10 Å². The lowest BCUT2D eigenvalue weighted by molar-refractivity contribution is 0.0817. The van der Waals surface area contributed by atoms with Gasteiger partial charge in [-0.3, -0.25) is 0 Å². The van der Waals surface area contributed by atoms with E-state index >= 15 is 0 Å². The van der Waals surface area contributed by atoms with Crippen molar-refractivity contribution in [2.45, 2.75) is 77.7 Å². The molecule has 0 unspecified atom stereocenters. The third kappa shape index (κ3) is 13.7. The molecule has 0 amide bonds. The van der Waals surface area contributed by atoms with Crippen LogP contribution >= 0.6 is 0 Å². The van der Waals surface area contributed by atoms with Crippen molar-refractivity contribution in [3.63, 3.8) is 0 Å². The number of hydrogen-bond donors (Lipinski definition) is 1. The maximum absolute atomic E-state index is 9.72. The second-order valence-electron chi connectivity index (χ2n) is 4.96. The summed E-state index contributed by atoms with van der Waals surface area (Å²) in [7, 11) is 0. The summed E-state index contributed by atoms with van der Waals surface area (Å²) in [5, 5.41) is 9.72. The zero-order valence-electron chi connectivity index (χ0n) is 12.4. The average Bonchev–Trinajstić information content (AvgIpc) is 2.37. The predicted molar refractivity (Wildman–Crippen MR) is 78.9 cm³/mol. The Morgan fingerprint density at radius 2 is 1.72 bits per heavy atom. The number of rotatable bonds is 13. The van der Waals surface area contributed by atoms with Crippen molar-refractivity contribution in [1.82, 2.24) is 0 Å². The first kappa shape index (κ1) is 17.7. The van der Waals surface area contributed by atoms with E-state index in [0.717, 1.165) is 32.3 Å². The maximum atomic E-state index is 9.72. The third-order valence-electron chi connectivity index (χ3n) is 3.04. The fourth-order valence-electron chi connectivity index (χ4n) is 1.75. The Morgan fingerprint density at radius 3 is 2.44 bits per heavy atom. The number of aliphatic hydroxyl groups is 1. The van der Waals surface area contributed by atoms with Crippen LogP contribution in [0.2, 0.25) is 0 Å². The van der Waals surface area contributed by atoms with Crippen molar-refractivity contribution in [1.29, 1.82) is 0 Å². The first-order valence-corrected chi connectivity index (χ1v) is 7.72. The van der Waals surface area contributed by atoms with E-state index in [0.29, 0.717) is 6.61 Å². The largest absolute Gasteiger partial charge is 0.393 e. The van der Waals surface area contributed by atoms with Crippen LogP contribution in [0.15, 0.2) is 12.2 Å². The van der Waals surface area contributed by atoms with Crippen LogP contribution in [0.25, 0.3) is 0 Å². The molecule has 0 saturated carbocycles. The highest BCUT2D eigenvalue weighted by molar-refractivity contribution is 4.83. The van der Waals surface area contributed by atoms with Gasteiger partial charge in [-0.15, -0.1) is 0 Å². The van der Waals surface area contributed by atoms with Crippen LogP contribution in [0.5, 0.6) is 0 Å². The monoisotopic (exact) mass is 256 g/mol. The number of aliphatic hydroxyl groups excluding tert-OH is 1. The zero-order chi connectivity index (χ0) is 13.5. The van der Waals surface area contributed by atoms with E-state index in [2.05, 4.69) is 26.0 Å². The Labute approximate surface area is 113 Å². The smallest absolute Gasteiger partial charge is 0.0596 e. The standard InChI is InChI=1S/C16H32O2/c1-3-5-7-8-9-10-11-12-16(17)13-15-18-14-6-4-2/h10-11,16-17H,3-9,12-15H2,1-2H3/b11-10-/t16-/m1/s1. The normalized spacial score (nSPS) is 13.3. The summed E-state index contributed by atoms with van der Waals surface area (Å²) in [6.07, 6.45) is 14.3. The predicted octanol–water partition coefficient (Wildman–Crippen LogP) is 4.47. The third-order valence-corrected chi connectivity index (χ3v) is 3.04. The first-order valence-electron chi connectivity index (χ1n) is 7.72. The highest BCUT2D eigenvalue weighted by Crippen LogP contribution is 2.05. The molecule has 18 heavy (non-hydrogen) atoms. The van der Waals surface area contributed by atoms with E-state index < -0.39 is 0 Å². The van der Waals surface area contributed by atoms with E-state index in [4.69, 9.17) is 4.74 Å². The van der Waals surface area contributed by atoms with Crippen LogP contribution in [-0.2, 0) is 4.74 Å². The van der Waals surface area contributed by atoms with Gasteiger partial charge in [-0.1, -0.05) is 51.7 Å². The number of unbranched alkanes of at least 4 members (excludes halogenated alkanes) is 5. The summed E-state index contributed by atoms with van der Waals surface area (Å²) in [5.41, 5.74) is 0. The van der Waals surface area contributed by atoms with Crippen LogP contribution in [0.3, 0.4) is 0 Å². The first-order chi connectivity index (χ1) is 8.81. The molecule has 0 radical (unpaired) electrons. The Kier molecular flexibility index (Phi) is 14.4. The van der Waals surface area contributed by atoms with Crippen molar-refractivity contribution in [3.05, 3.63) is 12.2 Å². The SMILES string of the molecule is CCCCCC/C=C\C[C@@H](O)CCOCCCC. The molecule has 2 heteroatoms. The van der Waals surface area contributed by atoms with Gasteiger partial charge in [-0.2, -0.15) is 0 Å². The van der Waals surface area contributed by atoms with E-state index in [1.807, 2.05) is 0 Å². The van der Waals surface area contributed by atoms with Gasteiger partial charge in [0.2, 0.25) is 0 Å². The van der Waals surface area contributed by atoms with Crippen molar-refractivity contribution in [2.24, 2.45) is 0 Å². The van der Waals surface area contributed by atoms with Crippen molar-refractivity contribution in [2.75, 3.05) is 13.2 Å². The zero-order valence-corrected chi connectivity index (χ0v) is 12.4. The van der Waals surface area contributed by atoms with E-state index in [9.17, 15) is 5.11 Å².